The van der Waals surface area contributed by atoms with E-state index in [2.05, 4.69) is 18.2 Å². The zero-order valence-electron chi connectivity index (χ0n) is 9.63. The van der Waals surface area contributed by atoms with Crippen molar-refractivity contribution in [2.45, 2.75) is 12.8 Å². The third kappa shape index (κ3) is 1.72. The van der Waals surface area contributed by atoms with E-state index in [1.807, 2.05) is 24.3 Å². The maximum absolute atomic E-state index is 5.78. The maximum atomic E-state index is 5.78. The van der Waals surface area contributed by atoms with Crippen LogP contribution in [-0.4, -0.2) is 0 Å². The Balaban J connectivity index is 1.81. The van der Waals surface area contributed by atoms with Crippen molar-refractivity contribution in [3.05, 3.63) is 53.6 Å². The van der Waals surface area contributed by atoms with Crippen molar-refractivity contribution in [1.82, 2.24) is 0 Å². The number of fused-ring (bicyclic) bond motifs is 4. The van der Waals surface area contributed by atoms with Crippen molar-refractivity contribution >= 4 is 8.60 Å². The van der Waals surface area contributed by atoms with Gasteiger partial charge in [0.1, 0.15) is 17.2 Å². The molecule has 18 heavy (non-hydrogen) atoms. The molecule has 3 nitrogen and oxygen atoms in total. The molecule has 0 aromatic heterocycles. The van der Waals surface area contributed by atoms with E-state index in [1.54, 1.807) is 0 Å². The van der Waals surface area contributed by atoms with Crippen LogP contribution < -0.4 is 13.6 Å². The van der Waals surface area contributed by atoms with Gasteiger partial charge in [-0.05, 0) is 42.2 Å². The van der Waals surface area contributed by atoms with Crippen LogP contribution in [0.25, 0.3) is 0 Å². The van der Waals surface area contributed by atoms with Gasteiger partial charge in [0.2, 0.25) is 0 Å². The van der Waals surface area contributed by atoms with Gasteiger partial charge < -0.3 is 13.6 Å². The van der Waals surface area contributed by atoms with Crippen LogP contribution in [0.1, 0.15) is 11.1 Å². The standard InChI is InChI=1S/C14H11O3P/c1-4-11-5-8-13-9-14(11)17-18(16-13)15-12-6-2-10(1)3-7-12/h2-3,5-9H,1,4H2. The first-order valence-corrected chi connectivity index (χ1v) is 7.02. The van der Waals surface area contributed by atoms with Crippen LogP contribution in [-0.2, 0) is 12.8 Å². The minimum atomic E-state index is -1.37. The fraction of sp³-hybridized carbons (Fsp3) is 0.143. The molecule has 0 fully saturated rings. The van der Waals surface area contributed by atoms with Gasteiger partial charge in [0.15, 0.2) is 0 Å². The molecular weight excluding hydrogens is 247 g/mol. The highest BCUT2D eigenvalue weighted by atomic mass is 31.2. The summed E-state index contributed by atoms with van der Waals surface area (Å²) < 4.78 is 17.1. The summed E-state index contributed by atoms with van der Waals surface area (Å²) in [4.78, 5) is 0. The van der Waals surface area contributed by atoms with Gasteiger partial charge in [-0.3, -0.25) is 0 Å². The number of hydrogen-bond donors (Lipinski definition) is 0. The predicted molar refractivity (Wildman–Crippen MR) is 69.1 cm³/mol. The van der Waals surface area contributed by atoms with E-state index < -0.39 is 8.60 Å². The van der Waals surface area contributed by atoms with E-state index in [0.717, 1.165) is 30.1 Å². The van der Waals surface area contributed by atoms with Crippen LogP contribution in [0.2, 0.25) is 0 Å². The highest BCUT2D eigenvalue weighted by Gasteiger charge is 2.26. The van der Waals surface area contributed by atoms with Crippen LogP contribution in [0.15, 0.2) is 42.5 Å². The van der Waals surface area contributed by atoms with Gasteiger partial charge in [-0.1, -0.05) is 18.2 Å². The molecule has 90 valence electrons. The highest BCUT2D eigenvalue weighted by Crippen LogP contribution is 2.48. The van der Waals surface area contributed by atoms with E-state index in [4.69, 9.17) is 13.6 Å². The third-order valence-electron chi connectivity index (χ3n) is 3.18. The minimum Gasteiger partial charge on any atom is -0.409 e. The van der Waals surface area contributed by atoms with Crippen molar-refractivity contribution in [2.75, 3.05) is 0 Å². The van der Waals surface area contributed by atoms with Crippen LogP contribution in [0.4, 0.5) is 0 Å². The summed E-state index contributed by atoms with van der Waals surface area (Å²) in [6, 6.07) is 14.1. The Bertz CT molecular complexity index is 594. The van der Waals surface area contributed by atoms with Gasteiger partial charge in [-0.15, -0.1) is 0 Å². The lowest BCUT2D eigenvalue weighted by Gasteiger charge is -2.23. The second-order valence-electron chi connectivity index (χ2n) is 4.41. The molecule has 1 unspecified atom stereocenters. The molecule has 0 N–H and O–H groups in total. The summed E-state index contributed by atoms with van der Waals surface area (Å²) in [6.45, 7) is 0. The second kappa shape index (κ2) is 3.89. The van der Waals surface area contributed by atoms with E-state index in [-0.39, 0.29) is 0 Å². The van der Waals surface area contributed by atoms with Crippen LogP contribution in [0, 0.1) is 0 Å². The molecule has 3 aliphatic rings. The van der Waals surface area contributed by atoms with Gasteiger partial charge in [-0.2, -0.15) is 0 Å². The first kappa shape index (κ1) is 10.2. The zero-order valence-corrected chi connectivity index (χ0v) is 10.5. The molecule has 3 heterocycles. The summed E-state index contributed by atoms with van der Waals surface area (Å²) in [5.74, 6) is 2.51. The fourth-order valence-corrected chi connectivity index (χ4v) is 3.21. The first-order valence-electron chi connectivity index (χ1n) is 5.93. The average Bonchev–Trinajstić information content (AvgIpc) is 2.41. The zero-order chi connectivity index (χ0) is 11.9. The van der Waals surface area contributed by atoms with Crippen LogP contribution in [0.5, 0.6) is 17.2 Å². The van der Waals surface area contributed by atoms with Gasteiger partial charge in [0, 0.05) is 6.07 Å². The predicted octanol–water partition coefficient (Wildman–Crippen LogP) is 3.86. The monoisotopic (exact) mass is 258 g/mol. The molecule has 0 saturated heterocycles. The molecule has 0 saturated carbocycles. The van der Waals surface area contributed by atoms with E-state index >= 15 is 0 Å². The molecule has 0 amide bonds. The van der Waals surface area contributed by atoms with Crippen molar-refractivity contribution in [2.24, 2.45) is 0 Å². The Hall–Kier alpha value is -1.73. The highest BCUT2D eigenvalue weighted by molar-refractivity contribution is 7.43. The average molecular weight is 258 g/mol. The smallest absolute Gasteiger partial charge is 0.409 e. The second-order valence-corrected chi connectivity index (χ2v) is 5.41. The largest absolute Gasteiger partial charge is 0.530 e. The normalized spacial score (nSPS) is 19.4. The first-order chi connectivity index (χ1) is 8.87. The summed E-state index contributed by atoms with van der Waals surface area (Å²) in [6.07, 6.45) is 1.98. The molecule has 5 rings (SSSR count). The van der Waals surface area contributed by atoms with Crippen LogP contribution >= 0.6 is 8.60 Å². The molecule has 0 spiro atoms. The lowest BCUT2D eigenvalue weighted by Crippen LogP contribution is -2.07. The quantitative estimate of drug-likeness (QED) is 0.671. The Morgan fingerprint density at radius 1 is 0.778 bits per heavy atom. The van der Waals surface area contributed by atoms with Gasteiger partial charge in [0.05, 0.1) is 0 Å². The van der Waals surface area contributed by atoms with E-state index in [1.165, 1.54) is 11.1 Å². The fourth-order valence-electron chi connectivity index (χ4n) is 2.19. The van der Waals surface area contributed by atoms with E-state index in [0.29, 0.717) is 0 Å². The molecule has 3 aliphatic heterocycles. The van der Waals surface area contributed by atoms with E-state index in [9.17, 15) is 0 Å². The summed E-state index contributed by atoms with van der Waals surface area (Å²) in [7, 11) is -1.37. The van der Waals surface area contributed by atoms with Gasteiger partial charge >= 0.3 is 8.60 Å². The van der Waals surface area contributed by atoms with Crippen molar-refractivity contribution in [3.8, 4) is 17.2 Å². The Morgan fingerprint density at radius 3 is 2.44 bits per heavy atom. The van der Waals surface area contributed by atoms with Crippen molar-refractivity contribution < 1.29 is 13.6 Å². The lowest BCUT2D eigenvalue weighted by molar-refractivity contribution is 0.371. The molecule has 2 aromatic carbocycles. The number of hydrogen-bond acceptors (Lipinski definition) is 3. The summed E-state index contributed by atoms with van der Waals surface area (Å²) in [5.41, 5.74) is 2.52. The summed E-state index contributed by atoms with van der Waals surface area (Å²) in [5, 5.41) is 0. The van der Waals surface area contributed by atoms with Crippen molar-refractivity contribution in [3.63, 3.8) is 0 Å². The number of rotatable bonds is 0. The SMILES string of the molecule is c1cc2ccc1CCc1ccc3cc1OP(O2)O3. The summed E-state index contributed by atoms with van der Waals surface area (Å²) >= 11 is 0. The molecule has 0 aliphatic carbocycles. The molecule has 4 heteroatoms. The maximum Gasteiger partial charge on any atom is 0.530 e. The minimum absolute atomic E-state index is 0.790. The number of aryl methyl sites for hydroxylation is 2. The topological polar surface area (TPSA) is 27.7 Å². The molecule has 5 bridgehead atoms. The Labute approximate surface area is 106 Å². The van der Waals surface area contributed by atoms with Gasteiger partial charge in [0.25, 0.3) is 0 Å². The number of benzene rings is 2. The van der Waals surface area contributed by atoms with Crippen LogP contribution in [0.3, 0.4) is 0 Å². The Kier molecular flexibility index (Phi) is 2.21. The molecule has 2 aromatic rings. The molecule has 0 radical (unpaired) electrons. The lowest BCUT2D eigenvalue weighted by atomic mass is 10.0. The Morgan fingerprint density at radius 2 is 1.56 bits per heavy atom. The third-order valence-corrected chi connectivity index (χ3v) is 4.24. The molecular formula is C14H11O3P. The van der Waals surface area contributed by atoms with Crippen molar-refractivity contribution in [1.29, 1.82) is 0 Å². The molecule has 1 atom stereocenters. The van der Waals surface area contributed by atoms with Gasteiger partial charge in [-0.25, -0.2) is 0 Å².